The monoisotopic (exact) mass is 226 g/mol. The van der Waals surface area contributed by atoms with Gasteiger partial charge in [-0.25, -0.2) is 0 Å². The topological polar surface area (TPSA) is 3.24 Å². The van der Waals surface area contributed by atoms with Gasteiger partial charge in [0.25, 0.3) is 0 Å². The van der Waals surface area contributed by atoms with Crippen molar-refractivity contribution in [2.75, 3.05) is 20.6 Å². The third kappa shape index (κ3) is 11.1. The average Bonchev–Trinajstić information content (AvgIpc) is 1.35. The summed E-state index contributed by atoms with van der Waals surface area (Å²) >= 11 is 0. The Bertz CT molecular complexity index is 29.3. The zero-order chi connectivity index (χ0) is 4.99. The van der Waals surface area contributed by atoms with Crippen LogP contribution in [0.1, 0.15) is 6.92 Å². The van der Waals surface area contributed by atoms with Gasteiger partial charge in [0.05, 0.1) is 0 Å². The van der Waals surface area contributed by atoms with Crippen molar-refractivity contribution in [3.63, 3.8) is 0 Å². The molecule has 0 saturated heterocycles. The first kappa shape index (κ1) is 11.2. The van der Waals surface area contributed by atoms with Crippen molar-refractivity contribution in [2.45, 2.75) is 6.92 Å². The van der Waals surface area contributed by atoms with Gasteiger partial charge in [-0.1, -0.05) is 0 Å². The van der Waals surface area contributed by atoms with E-state index in [1.54, 1.807) is 0 Å². The van der Waals surface area contributed by atoms with Crippen LogP contribution in [0.4, 0.5) is 0 Å². The maximum atomic E-state index is 2.12. The molecule has 7 heavy (non-hydrogen) atoms. The van der Waals surface area contributed by atoms with Crippen molar-refractivity contribution < 1.29 is 41.7 Å². The maximum absolute atomic E-state index is 2.12. The molecule has 0 aliphatic heterocycles. The average molecular weight is 226 g/mol. The van der Waals surface area contributed by atoms with Gasteiger partial charge in [-0.15, -0.1) is 6.54 Å². The third-order valence-electron chi connectivity index (χ3n) is 0.548. The van der Waals surface area contributed by atoms with Crippen molar-refractivity contribution >= 4 is 0 Å². The van der Waals surface area contributed by atoms with Gasteiger partial charge in [0, 0.05) is 41.7 Å². The quantitative estimate of drug-likeness (QED) is 0.629. The summed E-state index contributed by atoms with van der Waals surface area (Å²) in [5.41, 5.74) is 0. The van der Waals surface area contributed by atoms with E-state index in [0.29, 0.717) is 0 Å². The van der Waals surface area contributed by atoms with Crippen LogP contribution in [0, 0.1) is 48.2 Å². The Labute approximate surface area is 79.8 Å². The molecule has 42 valence electrons. The molecule has 0 fully saturated rings. The molecule has 0 aromatic heterocycles. The molecule has 0 rings (SSSR count). The van der Waals surface area contributed by atoms with E-state index in [9.17, 15) is 0 Å². The molecule has 1 nitrogen and oxygen atoms in total. The Balaban J connectivity index is 0. The molecule has 0 aromatic rings. The van der Waals surface area contributed by atoms with Crippen molar-refractivity contribution in [1.82, 2.24) is 4.90 Å². The maximum Gasteiger partial charge on any atom is 0 e. The molecule has 0 bridgehead atoms. The van der Waals surface area contributed by atoms with Crippen LogP contribution in [-0.2, 0) is 0 Å². The van der Waals surface area contributed by atoms with Crippen molar-refractivity contribution in [2.24, 2.45) is 0 Å². The second-order valence-electron chi connectivity index (χ2n) is 1.67. The number of hydrogen-bond donors (Lipinski definition) is 0. The summed E-state index contributed by atoms with van der Waals surface area (Å²) in [4.78, 5) is 2.12. The van der Waals surface area contributed by atoms with E-state index in [1.165, 1.54) is 0 Å². The summed E-state index contributed by atoms with van der Waals surface area (Å²) in [6.07, 6.45) is 2.12. The van der Waals surface area contributed by atoms with Crippen molar-refractivity contribution in [3.8, 4) is 0 Å². The van der Waals surface area contributed by atoms with E-state index in [4.69, 9.17) is 0 Å². The van der Waals surface area contributed by atoms with Crippen LogP contribution in [0.2, 0.25) is 0 Å². The van der Waals surface area contributed by atoms with Gasteiger partial charge in [-0.2, -0.15) is 6.92 Å². The van der Waals surface area contributed by atoms with Crippen LogP contribution in [0.25, 0.3) is 0 Å². The molecule has 0 radical (unpaired) electrons. The van der Waals surface area contributed by atoms with Crippen molar-refractivity contribution in [1.29, 1.82) is 0 Å². The standard InChI is InChI=1S/C5H12N.Ce/c1-4-5-6(2)3;/h4H,5H2,1-3H3;/q-1;. The summed E-state index contributed by atoms with van der Waals surface area (Å²) in [5, 5.41) is 0. The molecular formula is C5H12CeN-. The predicted octanol–water partition coefficient (Wildman–Crippen LogP) is 0.772. The molecular weight excluding hydrogens is 214 g/mol. The molecule has 2 heteroatoms. The Hall–Kier alpha value is 1.34. The van der Waals surface area contributed by atoms with E-state index in [2.05, 4.69) is 32.3 Å². The molecule has 0 spiro atoms. The number of hydrogen-bond acceptors (Lipinski definition) is 1. The minimum Gasteiger partial charge on any atom is -0.339 e. The van der Waals surface area contributed by atoms with Gasteiger partial charge in [-0.05, 0) is 14.1 Å². The number of nitrogens with zero attached hydrogens (tertiary/aromatic N) is 1. The van der Waals surface area contributed by atoms with Gasteiger partial charge in [0.1, 0.15) is 0 Å². The SMILES string of the molecule is C[CH-]CN(C)C.[Ce]. The molecule has 0 aromatic carbocycles. The summed E-state index contributed by atoms with van der Waals surface area (Å²) < 4.78 is 0. The van der Waals surface area contributed by atoms with Gasteiger partial charge < -0.3 is 11.3 Å². The Morgan fingerprint density at radius 3 is 1.86 bits per heavy atom. The van der Waals surface area contributed by atoms with Crippen LogP contribution >= 0.6 is 0 Å². The van der Waals surface area contributed by atoms with Crippen LogP contribution in [-0.4, -0.2) is 25.5 Å². The summed E-state index contributed by atoms with van der Waals surface area (Å²) in [6, 6.07) is 0. The smallest absolute Gasteiger partial charge is 0 e. The van der Waals surface area contributed by atoms with Gasteiger partial charge in [0.2, 0.25) is 0 Å². The first-order chi connectivity index (χ1) is 2.77. The molecule has 0 aliphatic carbocycles. The van der Waals surface area contributed by atoms with E-state index in [-0.39, 0.29) is 41.7 Å². The Morgan fingerprint density at radius 1 is 1.43 bits per heavy atom. The fourth-order valence-electron chi connectivity index (χ4n) is 0.365. The largest absolute Gasteiger partial charge is 0.339 e. The molecule has 0 atom stereocenters. The second kappa shape index (κ2) is 7.34. The fourth-order valence-corrected chi connectivity index (χ4v) is 0.365. The minimum absolute atomic E-state index is 0. The molecule has 0 amide bonds. The van der Waals surface area contributed by atoms with Crippen molar-refractivity contribution in [3.05, 3.63) is 6.42 Å². The van der Waals surface area contributed by atoms with E-state index >= 15 is 0 Å². The van der Waals surface area contributed by atoms with E-state index in [0.717, 1.165) is 6.54 Å². The zero-order valence-corrected chi connectivity index (χ0v) is 8.37. The van der Waals surface area contributed by atoms with E-state index < -0.39 is 0 Å². The summed E-state index contributed by atoms with van der Waals surface area (Å²) in [5.74, 6) is 0. The van der Waals surface area contributed by atoms with Crippen LogP contribution < -0.4 is 0 Å². The Morgan fingerprint density at radius 2 is 1.86 bits per heavy atom. The Kier molecular flexibility index (Phi) is 11.7. The second-order valence-corrected chi connectivity index (χ2v) is 1.67. The predicted molar refractivity (Wildman–Crippen MR) is 28.5 cm³/mol. The van der Waals surface area contributed by atoms with Crippen LogP contribution in [0.3, 0.4) is 0 Å². The summed E-state index contributed by atoms with van der Waals surface area (Å²) in [7, 11) is 4.11. The first-order valence-corrected chi connectivity index (χ1v) is 2.20. The molecule has 0 N–H and O–H groups in total. The zero-order valence-electron chi connectivity index (χ0n) is 5.23. The van der Waals surface area contributed by atoms with E-state index in [1.807, 2.05) is 0 Å². The van der Waals surface area contributed by atoms with Gasteiger partial charge in [-0.3, -0.25) is 0 Å². The molecule has 0 saturated carbocycles. The normalized spacial score (nSPS) is 8.57. The van der Waals surface area contributed by atoms with Crippen LogP contribution in [0.5, 0.6) is 0 Å². The molecule has 0 heterocycles. The van der Waals surface area contributed by atoms with Crippen LogP contribution in [0.15, 0.2) is 0 Å². The summed E-state index contributed by atoms with van der Waals surface area (Å²) in [6.45, 7) is 3.14. The fraction of sp³-hybridized carbons (Fsp3) is 0.800. The third-order valence-corrected chi connectivity index (χ3v) is 0.548. The molecule has 0 aliphatic rings. The van der Waals surface area contributed by atoms with Gasteiger partial charge in [0.15, 0.2) is 0 Å². The first-order valence-electron chi connectivity index (χ1n) is 2.20. The minimum atomic E-state index is 0. The molecule has 0 unspecified atom stereocenters. The van der Waals surface area contributed by atoms with Gasteiger partial charge >= 0.3 is 0 Å². The number of rotatable bonds is 2.